The summed E-state index contributed by atoms with van der Waals surface area (Å²) in [5.74, 6) is 3.45. The van der Waals surface area contributed by atoms with Crippen LogP contribution < -0.4 is 0 Å². The van der Waals surface area contributed by atoms with E-state index in [2.05, 4.69) is 36.4 Å². The molecule has 2 unspecified atom stereocenters. The van der Waals surface area contributed by atoms with Crippen LogP contribution in [0.15, 0.2) is 0 Å². The predicted octanol–water partition coefficient (Wildman–Crippen LogP) is 4.37. The van der Waals surface area contributed by atoms with Crippen LogP contribution in [0.25, 0.3) is 0 Å². The number of ketones is 1. The highest BCUT2D eigenvalue weighted by Gasteiger charge is 2.61. The lowest BCUT2D eigenvalue weighted by Gasteiger charge is -2.60. The fraction of sp³-hybridized carbons (Fsp3) is 0.947. The number of fused-ring (bicyclic) bond motifs is 5. The van der Waals surface area contributed by atoms with Gasteiger partial charge in [0, 0.05) is 5.41 Å². The minimum absolute atomic E-state index is 0.0234. The number of hydrogen-bond acceptors (Lipinski definition) is 2. The van der Waals surface area contributed by atoms with E-state index in [1.807, 2.05) is 0 Å². The average Bonchev–Trinajstić information content (AvgIpc) is 2.72. The van der Waals surface area contributed by atoms with E-state index < -0.39 is 0 Å². The summed E-state index contributed by atoms with van der Waals surface area (Å²) in [7, 11) is 0. The summed E-state index contributed by atoms with van der Waals surface area (Å²) in [4.78, 5) is 12.7. The average molecular weight is 416 g/mol. The Morgan fingerprint density at radius 1 is 1.05 bits per heavy atom. The molecule has 124 valence electrons. The Kier molecular flexibility index (Phi) is 3.73. The van der Waals surface area contributed by atoms with Gasteiger partial charge in [-0.2, -0.15) is 0 Å². The maximum atomic E-state index is 12.7. The van der Waals surface area contributed by atoms with E-state index in [0.717, 1.165) is 37.5 Å². The fourth-order valence-corrected chi connectivity index (χ4v) is 8.24. The molecule has 0 spiro atoms. The molecule has 2 nitrogen and oxygen atoms in total. The second kappa shape index (κ2) is 5.18. The van der Waals surface area contributed by atoms with Crippen LogP contribution in [-0.2, 0) is 4.79 Å². The van der Waals surface area contributed by atoms with Gasteiger partial charge in [0.15, 0.2) is 5.78 Å². The third-order valence-electron chi connectivity index (χ3n) is 8.34. The van der Waals surface area contributed by atoms with Crippen LogP contribution >= 0.6 is 22.6 Å². The SMILES string of the molecule is C[C@]12CC[C@H](O)CC1CC[C@@H]1[C@@H]2CC[C@]2(C)C(=O)C(I)C[C@@H]12. The Morgan fingerprint density at radius 3 is 2.59 bits per heavy atom. The highest BCUT2D eigenvalue weighted by atomic mass is 127. The monoisotopic (exact) mass is 416 g/mol. The van der Waals surface area contributed by atoms with E-state index in [9.17, 15) is 9.90 Å². The first-order chi connectivity index (χ1) is 10.4. The van der Waals surface area contributed by atoms with Crippen LogP contribution in [0.3, 0.4) is 0 Å². The molecule has 0 aliphatic heterocycles. The number of halogens is 1. The van der Waals surface area contributed by atoms with Crippen molar-refractivity contribution in [2.75, 3.05) is 0 Å². The van der Waals surface area contributed by atoms with Crippen molar-refractivity contribution >= 4 is 28.4 Å². The summed E-state index contributed by atoms with van der Waals surface area (Å²) in [6, 6.07) is 0. The van der Waals surface area contributed by atoms with Crippen LogP contribution in [0.5, 0.6) is 0 Å². The summed E-state index contributed by atoms with van der Waals surface area (Å²) in [6.07, 6.45) is 9.22. The zero-order valence-electron chi connectivity index (χ0n) is 13.9. The van der Waals surface area contributed by atoms with Gasteiger partial charge in [0.1, 0.15) is 0 Å². The first-order valence-corrected chi connectivity index (χ1v) is 10.5. The predicted molar refractivity (Wildman–Crippen MR) is 95.9 cm³/mol. The largest absolute Gasteiger partial charge is 0.393 e. The van der Waals surface area contributed by atoms with E-state index in [-0.39, 0.29) is 15.4 Å². The summed E-state index contributed by atoms with van der Waals surface area (Å²) >= 11 is 2.40. The zero-order valence-corrected chi connectivity index (χ0v) is 16.0. The lowest BCUT2D eigenvalue weighted by Crippen LogP contribution is -2.54. The highest BCUT2D eigenvalue weighted by Crippen LogP contribution is 2.65. The van der Waals surface area contributed by atoms with Crippen LogP contribution in [0.1, 0.15) is 65.2 Å². The van der Waals surface area contributed by atoms with Crippen molar-refractivity contribution in [2.45, 2.75) is 75.2 Å². The van der Waals surface area contributed by atoms with Gasteiger partial charge in [0.2, 0.25) is 0 Å². The van der Waals surface area contributed by atoms with E-state index in [0.29, 0.717) is 23.0 Å². The van der Waals surface area contributed by atoms with Gasteiger partial charge >= 0.3 is 0 Å². The molecule has 0 bridgehead atoms. The minimum atomic E-state index is -0.0599. The number of rotatable bonds is 0. The first-order valence-electron chi connectivity index (χ1n) is 9.23. The Bertz CT molecular complexity index is 492. The molecule has 4 aliphatic rings. The molecule has 22 heavy (non-hydrogen) atoms. The van der Waals surface area contributed by atoms with Crippen LogP contribution in [-0.4, -0.2) is 20.9 Å². The number of hydrogen-bond donors (Lipinski definition) is 1. The number of aliphatic hydroxyl groups is 1. The molecule has 4 rings (SSSR count). The smallest absolute Gasteiger partial charge is 0.151 e. The molecule has 0 aromatic carbocycles. The van der Waals surface area contributed by atoms with Gasteiger partial charge in [-0.15, -0.1) is 0 Å². The molecule has 0 aromatic heterocycles. The van der Waals surface area contributed by atoms with Crippen molar-refractivity contribution in [2.24, 2.45) is 34.5 Å². The Labute approximate surface area is 148 Å². The maximum absolute atomic E-state index is 12.7. The standard InChI is InChI=1S/C19H29IO2/c1-18-7-5-12(21)9-11(18)3-4-13-14(18)6-8-19(2)15(13)10-16(20)17(19)22/h11-16,21H,3-10H2,1-2H3/t11?,12-,13+,14-,15-,16?,18-,19-/m0/s1. The molecule has 1 N–H and O–H groups in total. The van der Waals surface area contributed by atoms with Crippen molar-refractivity contribution < 1.29 is 9.90 Å². The fourth-order valence-electron chi connectivity index (χ4n) is 6.98. The van der Waals surface area contributed by atoms with Crippen molar-refractivity contribution in [3.05, 3.63) is 0 Å². The second-order valence-corrected chi connectivity index (χ2v) is 10.6. The minimum Gasteiger partial charge on any atom is -0.393 e. The molecule has 0 radical (unpaired) electrons. The van der Waals surface area contributed by atoms with Crippen LogP contribution in [0, 0.1) is 34.5 Å². The number of aliphatic hydroxyl groups excluding tert-OH is 1. The molecule has 0 heterocycles. The van der Waals surface area contributed by atoms with Crippen molar-refractivity contribution in [1.29, 1.82) is 0 Å². The maximum Gasteiger partial charge on any atom is 0.151 e. The Hall–Kier alpha value is 0.360. The summed E-state index contributed by atoms with van der Waals surface area (Å²) in [5, 5.41) is 10.1. The van der Waals surface area contributed by atoms with Gasteiger partial charge in [-0.05, 0) is 80.5 Å². The molecule has 0 amide bonds. The lowest BCUT2D eigenvalue weighted by molar-refractivity contribution is -0.142. The molecular formula is C19H29IO2. The summed E-state index contributed by atoms with van der Waals surface area (Å²) < 4.78 is 0.255. The Balaban J connectivity index is 1.64. The number of alkyl halides is 1. The number of carbonyl (C=O) groups excluding carboxylic acids is 1. The lowest BCUT2D eigenvalue weighted by atomic mass is 9.45. The van der Waals surface area contributed by atoms with Gasteiger partial charge in [-0.1, -0.05) is 36.4 Å². The zero-order chi connectivity index (χ0) is 15.7. The van der Waals surface area contributed by atoms with E-state index in [1.165, 1.54) is 25.7 Å². The second-order valence-electron chi connectivity index (χ2n) is 9.11. The Morgan fingerprint density at radius 2 is 1.82 bits per heavy atom. The molecule has 4 fully saturated rings. The van der Waals surface area contributed by atoms with Crippen LogP contribution in [0.4, 0.5) is 0 Å². The highest BCUT2D eigenvalue weighted by molar-refractivity contribution is 14.1. The van der Waals surface area contributed by atoms with Crippen molar-refractivity contribution in [3.8, 4) is 0 Å². The van der Waals surface area contributed by atoms with E-state index >= 15 is 0 Å². The van der Waals surface area contributed by atoms with Gasteiger partial charge in [-0.3, -0.25) is 4.79 Å². The number of carbonyl (C=O) groups is 1. The van der Waals surface area contributed by atoms with E-state index in [4.69, 9.17) is 0 Å². The summed E-state index contributed by atoms with van der Waals surface area (Å²) in [5.41, 5.74) is 0.403. The van der Waals surface area contributed by atoms with Gasteiger partial charge in [0.05, 0.1) is 10.0 Å². The van der Waals surface area contributed by atoms with Gasteiger partial charge < -0.3 is 5.11 Å². The molecule has 0 saturated heterocycles. The van der Waals surface area contributed by atoms with Gasteiger partial charge in [-0.25, -0.2) is 0 Å². The molecule has 0 aromatic rings. The normalized spacial score (nSPS) is 57.9. The van der Waals surface area contributed by atoms with E-state index in [1.54, 1.807) is 0 Å². The summed E-state index contributed by atoms with van der Waals surface area (Å²) in [6.45, 7) is 4.79. The van der Waals surface area contributed by atoms with Crippen molar-refractivity contribution in [3.63, 3.8) is 0 Å². The quantitative estimate of drug-likeness (QED) is 0.470. The van der Waals surface area contributed by atoms with Crippen molar-refractivity contribution in [1.82, 2.24) is 0 Å². The molecular weight excluding hydrogens is 387 g/mol. The topological polar surface area (TPSA) is 37.3 Å². The van der Waals surface area contributed by atoms with Crippen LogP contribution in [0.2, 0.25) is 0 Å². The van der Waals surface area contributed by atoms with Gasteiger partial charge in [0.25, 0.3) is 0 Å². The molecule has 4 aliphatic carbocycles. The molecule has 4 saturated carbocycles. The third-order valence-corrected chi connectivity index (χ3v) is 9.41. The number of Topliss-reactive ketones (excluding diaryl/α,β-unsaturated/α-hetero) is 1. The first kappa shape index (κ1) is 15.9. The third kappa shape index (κ3) is 2.03. The molecule has 8 atom stereocenters. The molecule has 3 heteroatoms.